The van der Waals surface area contributed by atoms with Crippen molar-refractivity contribution in [2.75, 3.05) is 19.8 Å². The first-order valence-corrected chi connectivity index (χ1v) is 13.4. The van der Waals surface area contributed by atoms with E-state index in [4.69, 9.17) is 14.2 Å². The Hall–Kier alpha value is -1.32. The Morgan fingerprint density at radius 1 is 0.812 bits per heavy atom. The van der Waals surface area contributed by atoms with Gasteiger partial charge in [-0.25, -0.2) is 0 Å². The third kappa shape index (κ3) is 8.90. The number of rotatable bonds is 13. The van der Waals surface area contributed by atoms with Gasteiger partial charge in [0.05, 0.1) is 13.2 Å². The van der Waals surface area contributed by atoms with Gasteiger partial charge in [-0.2, -0.15) is 0 Å². The van der Waals surface area contributed by atoms with Gasteiger partial charge >= 0.3 is 0 Å². The standard InChI is InChI=1S/C29H46O3/c1-3-5-7-10-24-13-15-25(16-14-24)12-9-21-30-28-19-17-27(18-20-28)29-31-22-26(23-32-29)11-8-6-4-2/h9,12,17-20,24-26,29H,3-8,10-11,13-16,21-23H2,1-2H3/b12-9+/t24-,25-,26-,29-. The Bertz CT molecular complexity index is 622. The zero-order chi connectivity index (χ0) is 22.4. The van der Waals surface area contributed by atoms with Crippen molar-refractivity contribution >= 4 is 0 Å². The average Bonchev–Trinajstić information content (AvgIpc) is 2.84. The molecular formula is C29H46O3. The molecule has 0 unspecified atom stereocenters. The molecule has 1 saturated heterocycles. The molecule has 32 heavy (non-hydrogen) atoms. The lowest BCUT2D eigenvalue weighted by Crippen LogP contribution is -2.27. The Balaban J connectivity index is 1.30. The fraction of sp³-hybridized carbons (Fsp3) is 0.724. The molecule has 0 radical (unpaired) electrons. The monoisotopic (exact) mass is 442 g/mol. The van der Waals surface area contributed by atoms with Crippen LogP contribution in [-0.2, 0) is 9.47 Å². The van der Waals surface area contributed by atoms with Gasteiger partial charge in [0.15, 0.2) is 6.29 Å². The summed E-state index contributed by atoms with van der Waals surface area (Å²) in [7, 11) is 0. The number of allylic oxidation sites excluding steroid dienone is 1. The molecule has 1 aliphatic carbocycles. The molecular weight excluding hydrogens is 396 g/mol. The molecule has 1 aromatic carbocycles. The maximum atomic E-state index is 5.97. The van der Waals surface area contributed by atoms with Crippen LogP contribution >= 0.6 is 0 Å². The van der Waals surface area contributed by atoms with Crippen LogP contribution < -0.4 is 4.74 Å². The molecule has 0 atom stereocenters. The van der Waals surface area contributed by atoms with Crippen molar-refractivity contribution in [1.29, 1.82) is 0 Å². The van der Waals surface area contributed by atoms with E-state index >= 15 is 0 Å². The summed E-state index contributed by atoms with van der Waals surface area (Å²) in [5, 5.41) is 0. The van der Waals surface area contributed by atoms with E-state index < -0.39 is 0 Å². The molecule has 3 rings (SSSR count). The van der Waals surface area contributed by atoms with E-state index in [1.165, 1.54) is 77.0 Å². The summed E-state index contributed by atoms with van der Waals surface area (Å²) in [6.45, 7) is 6.79. The number of hydrogen-bond acceptors (Lipinski definition) is 3. The third-order valence-corrected chi connectivity index (χ3v) is 7.20. The first kappa shape index (κ1) is 25.3. The van der Waals surface area contributed by atoms with Crippen LogP contribution in [0.25, 0.3) is 0 Å². The van der Waals surface area contributed by atoms with Crippen molar-refractivity contribution in [3.8, 4) is 5.75 Å². The lowest BCUT2D eigenvalue weighted by Gasteiger charge is -2.29. The van der Waals surface area contributed by atoms with Gasteiger partial charge in [-0.15, -0.1) is 0 Å². The van der Waals surface area contributed by atoms with Gasteiger partial charge < -0.3 is 14.2 Å². The minimum absolute atomic E-state index is 0.233. The molecule has 1 aromatic rings. The smallest absolute Gasteiger partial charge is 0.183 e. The average molecular weight is 443 g/mol. The fourth-order valence-electron chi connectivity index (χ4n) is 5.05. The van der Waals surface area contributed by atoms with E-state index in [-0.39, 0.29) is 6.29 Å². The van der Waals surface area contributed by atoms with Crippen LogP contribution in [0.1, 0.15) is 103 Å². The molecule has 2 aliphatic rings. The Morgan fingerprint density at radius 2 is 1.44 bits per heavy atom. The first-order valence-electron chi connectivity index (χ1n) is 13.4. The van der Waals surface area contributed by atoms with Crippen molar-refractivity contribution in [3.05, 3.63) is 42.0 Å². The van der Waals surface area contributed by atoms with Crippen molar-refractivity contribution < 1.29 is 14.2 Å². The molecule has 3 heteroatoms. The predicted molar refractivity (Wildman–Crippen MR) is 133 cm³/mol. The van der Waals surface area contributed by atoms with Gasteiger partial charge in [-0.1, -0.05) is 83.1 Å². The zero-order valence-electron chi connectivity index (χ0n) is 20.6. The van der Waals surface area contributed by atoms with Gasteiger partial charge in [0.1, 0.15) is 12.4 Å². The summed E-state index contributed by atoms with van der Waals surface area (Å²) >= 11 is 0. The highest BCUT2D eigenvalue weighted by atomic mass is 16.7. The summed E-state index contributed by atoms with van der Waals surface area (Å²) in [6, 6.07) is 8.21. The van der Waals surface area contributed by atoms with Gasteiger partial charge in [0.25, 0.3) is 0 Å². The number of unbranched alkanes of at least 4 members (excludes halogenated alkanes) is 4. The highest BCUT2D eigenvalue weighted by Gasteiger charge is 2.23. The second-order valence-electron chi connectivity index (χ2n) is 9.95. The SMILES string of the molecule is CCCCC[C@H]1CC[C@H](/C=C/COc2ccc([C@H]3OC[C@H](CCCCC)CO3)cc2)CC1. The van der Waals surface area contributed by atoms with Crippen LogP contribution in [-0.4, -0.2) is 19.8 Å². The number of ether oxygens (including phenoxy) is 3. The van der Waals surface area contributed by atoms with Crippen LogP contribution in [0.2, 0.25) is 0 Å². The van der Waals surface area contributed by atoms with Crippen LogP contribution in [0.3, 0.4) is 0 Å². The highest BCUT2D eigenvalue weighted by Crippen LogP contribution is 2.33. The van der Waals surface area contributed by atoms with Crippen molar-refractivity contribution in [1.82, 2.24) is 0 Å². The second-order valence-corrected chi connectivity index (χ2v) is 9.95. The summed E-state index contributed by atoms with van der Waals surface area (Å²) in [5.74, 6) is 3.18. The van der Waals surface area contributed by atoms with Crippen molar-refractivity contribution in [2.24, 2.45) is 17.8 Å². The zero-order valence-corrected chi connectivity index (χ0v) is 20.6. The minimum Gasteiger partial charge on any atom is -0.490 e. The quantitative estimate of drug-likeness (QED) is 0.227. The summed E-state index contributed by atoms with van der Waals surface area (Å²) in [4.78, 5) is 0. The first-order chi connectivity index (χ1) is 15.8. The van der Waals surface area contributed by atoms with E-state index in [1.807, 2.05) is 12.1 Å². The topological polar surface area (TPSA) is 27.7 Å². The summed E-state index contributed by atoms with van der Waals surface area (Å²) in [6.07, 6.45) is 20.5. The van der Waals surface area contributed by atoms with Crippen LogP contribution in [0.5, 0.6) is 5.75 Å². The van der Waals surface area contributed by atoms with E-state index in [0.717, 1.165) is 36.4 Å². The van der Waals surface area contributed by atoms with Gasteiger partial charge in [0, 0.05) is 11.5 Å². The van der Waals surface area contributed by atoms with Crippen molar-refractivity contribution in [3.63, 3.8) is 0 Å². The molecule has 1 saturated carbocycles. The number of benzene rings is 1. The molecule has 3 nitrogen and oxygen atoms in total. The largest absolute Gasteiger partial charge is 0.490 e. The Labute approximate surface area is 196 Å². The molecule has 0 spiro atoms. The van der Waals surface area contributed by atoms with Crippen LogP contribution in [0.15, 0.2) is 36.4 Å². The Kier molecular flexibility index (Phi) is 11.7. The van der Waals surface area contributed by atoms with E-state index in [1.54, 1.807) is 0 Å². The van der Waals surface area contributed by atoms with E-state index in [2.05, 4.69) is 38.1 Å². The maximum absolute atomic E-state index is 5.97. The maximum Gasteiger partial charge on any atom is 0.183 e. The van der Waals surface area contributed by atoms with E-state index in [9.17, 15) is 0 Å². The molecule has 0 aromatic heterocycles. The normalized spacial score (nSPS) is 26.4. The van der Waals surface area contributed by atoms with Crippen molar-refractivity contribution in [2.45, 2.75) is 97.2 Å². The molecule has 0 N–H and O–H groups in total. The lowest BCUT2D eigenvalue weighted by molar-refractivity contribution is -0.206. The van der Waals surface area contributed by atoms with E-state index in [0.29, 0.717) is 12.5 Å². The molecule has 0 bridgehead atoms. The van der Waals surface area contributed by atoms with Gasteiger partial charge in [-0.3, -0.25) is 0 Å². The lowest BCUT2D eigenvalue weighted by atomic mass is 9.79. The second kappa shape index (κ2) is 14.8. The predicted octanol–water partition coefficient (Wildman–Crippen LogP) is 8.25. The van der Waals surface area contributed by atoms with Crippen LogP contribution in [0.4, 0.5) is 0 Å². The van der Waals surface area contributed by atoms with Gasteiger partial charge in [-0.05, 0) is 56.1 Å². The minimum atomic E-state index is -0.233. The molecule has 1 aliphatic heterocycles. The molecule has 0 amide bonds. The fourth-order valence-corrected chi connectivity index (χ4v) is 5.05. The number of hydrogen-bond donors (Lipinski definition) is 0. The highest BCUT2D eigenvalue weighted by molar-refractivity contribution is 5.28. The Morgan fingerprint density at radius 3 is 2.06 bits per heavy atom. The molecule has 2 fully saturated rings. The molecule has 180 valence electrons. The summed E-state index contributed by atoms with van der Waals surface area (Å²) in [5.41, 5.74) is 1.08. The van der Waals surface area contributed by atoms with Gasteiger partial charge in [0.2, 0.25) is 0 Å². The third-order valence-electron chi connectivity index (χ3n) is 7.20. The van der Waals surface area contributed by atoms with Crippen LogP contribution in [0, 0.1) is 17.8 Å². The molecule has 1 heterocycles. The summed E-state index contributed by atoms with van der Waals surface area (Å²) < 4.78 is 17.9.